The molecule has 3 heterocycles. The second-order valence-electron chi connectivity index (χ2n) is 5.22. The molecule has 0 radical (unpaired) electrons. The highest BCUT2D eigenvalue weighted by Gasteiger charge is 2.11. The van der Waals surface area contributed by atoms with Crippen LogP contribution in [0.15, 0.2) is 65.8 Å². The minimum atomic E-state index is 0.603. The minimum absolute atomic E-state index is 0.603. The normalized spacial score (nSPS) is 10.9. The van der Waals surface area contributed by atoms with Crippen LogP contribution >= 0.6 is 15.9 Å². The third-order valence-electron chi connectivity index (χ3n) is 3.59. The van der Waals surface area contributed by atoms with Crippen LogP contribution in [0.2, 0.25) is 0 Å². The Morgan fingerprint density at radius 3 is 2.62 bits per heavy atom. The van der Waals surface area contributed by atoms with Crippen LogP contribution < -0.4 is 5.32 Å². The molecule has 118 valence electrons. The van der Waals surface area contributed by atoms with Crippen LogP contribution in [-0.4, -0.2) is 24.6 Å². The number of hydrogen-bond donors (Lipinski definition) is 1. The van der Waals surface area contributed by atoms with Gasteiger partial charge in [-0.2, -0.15) is 9.61 Å². The average Bonchev–Trinajstić information content (AvgIpc) is 3.02. The smallest absolute Gasteiger partial charge is 0.172 e. The first-order valence-electron chi connectivity index (χ1n) is 7.39. The molecule has 0 atom stereocenters. The van der Waals surface area contributed by atoms with E-state index in [-0.39, 0.29) is 0 Å². The molecule has 7 heteroatoms. The maximum Gasteiger partial charge on any atom is 0.172 e. The van der Waals surface area contributed by atoms with Gasteiger partial charge in [0, 0.05) is 36.1 Å². The van der Waals surface area contributed by atoms with Crippen molar-refractivity contribution in [1.29, 1.82) is 0 Å². The molecule has 1 aromatic carbocycles. The maximum absolute atomic E-state index is 4.71. The molecule has 24 heavy (non-hydrogen) atoms. The lowest BCUT2D eigenvalue weighted by Crippen LogP contribution is -2.07. The number of nitrogens with one attached hydrogen (secondary N) is 1. The summed E-state index contributed by atoms with van der Waals surface area (Å²) in [6.45, 7) is 0.603. The van der Waals surface area contributed by atoms with E-state index >= 15 is 0 Å². The SMILES string of the molecule is Brc1cnn2c(NCc3cncnc3)cc(-c3ccccc3)nc12. The molecule has 0 spiro atoms. The molecular weight excluding hydrogens is 368 g/mol. The molecule has 0 saturated carbocycles. The minimum Gasteiger partial charge on any atom is -0.366 e. The fraction of sp³-hybridized carbons (Fsp3) is 0.0588. The summed E-state index contributed by atoms with van der Waals surface area (Å²) >= 11 is 3.51. The Balaban J connectivity index is 1.76. The maximum atomic E-state index is 4.71. The molecule has 0 saturated heterocycles. The summed E-state index contributed by atoms with van der Waals surface area (Å²) in [5.41, 5.74) is 3.70. The first-order valence-corrected chi connectivity index (χ1v) is 8.18. The van der Waals surface area contributed by atoms with Crippen molar-refractivity contribution in [3.05, 3.63) is 71.4 Å². The van der Waals surface area contributed by atoms with Gasteiger partial charge < -0.3 is 5.32 Å². The van der Waals surface area contributed by atoms with E-state index in [0.29, 0.717) is 6.54 Å². The zero-order valence-electron chi connectivity index (χ0n) is 12.6. The first kappa shape index (κ1) is 14.8. The third-order valence-corrected chi connectivity index (χ3v) is 4.15. The molecule has 4 rings (SSSR count). The van der Waals surface area contributed by atoms with Gasteiger partial charge >= 0.3 is 0 Å². The number of anilines is 1. The van der Waals surface area contributed by atoms with Gasteiger partial charge in [-0.15, -0.1) is 0 Å². The predicted molar refractivity (Wildman–Crippen MR) is 95.5 cm³/mol. The molecule has 0 bridgehead atoms. The monoisotopic (exact) mass is 380 g/mol. The van der Waals surface area contributed by atoms with Crippen molar-refractivity contribution in [3.8, 4) is 11.3 Å². The Labute approximate surface area is 146 Å². The lowest BCUT2D eigenvalue weighted by molar-refractivity contribution is 0.922. The number of benzene rings is 1. The van der Waals surface area contributed by atoms with E-state index in [1.54, 1.807) is 23.1 Å². The van der Waals surface area contributed by atoms with Crippen molar-refractivity contribution in [2.75, 3.05) is 5.32 Å². The van der Waals surface area contributed by atoms with Gasteiger partial charge in [-0.05, 0) is 15.9 Å². The summed E-state index contributed by atoms with van der Waals surface area (Å²) in [4.78, 5) is 12.8. The largest absolute Gasteiger partial charge is 0.366 e. The van der Waals surface area contributed by atoms with E-state index in [9.17, 15) is 0 Å². The molecule has 0 aliphatic carbocycles. The summed E-state index contributed by atoms with van der Waals surface area (Å²) in [5.74, 6) is 0.855. The van der Waals surface area contributed by atoms with E-state index in [1.807, 2.05) is 36.4 Å². The van der Waals surface area contributed by atoms with E-state index in [2.05, 4.69) is 36.3 Å². The van der Waals surface area contributed by atoms with Gasteiger partial charge in [0.15, 0.2) is 5.65 Å². The van der Waals surface area contributed by atoms with Crippen LogP contribution in [0.1, 0.15) is 5.56 Å². The van der Waals surface area contributed by atoms with Crippen LogP contribution in [0.4, 0.5) is 5.82 Å². The highest BCUT2D eigenvalue weighted by atomic mass is 79.9. The number of nitrogens with zero attached hydrogens (tertiary/aromatic N) is 5. The van der Waals surface area contributed by atoms with E-state index in [4.69, 9.17) is 4.98 Å². The summed E-state index contributed by atoms with van der Waals surface area (Å²) in [7, 11) is 0. The molecule has 4 aromatic rings. The number of rotatable bonds is 4. The molecule has 0 aliphatic heterocycles. The Bertz CT molecular complexity index is 968. The molecule has 0 fully saturated rings. The van der Waals surface area contributed by atoms with Gasteiger partial charge in [0.2, 0.25) is 0 Å². The molecular formula is C17H13BrN6. The fourth-order valence-electron chi connectivity index (χ4n) is 2.43. The van der Waals surface area contributed by atoms with Crippen molar-refractivity contribution in [2.24, 2.45) is 0 Å². The van der Waals surface area contributed by atoms with E-state index in [1.165, 1.54) is 6.33 Å². The van der Waals surface area contributed by atoms with Gasteiger partial charge in [0.25, 0.3) is 0 Å². The van der Waals surface area contributed by atoms with Crippen molar-refractivity contribution in [2.45, 2.75) is 6.54 Å². The van der Waals surface area contributed by atoms with Crippen LogP contribution in [-0.2, 0) is 6.54 Å². The van der Waals surface area contributed by atoms with Gasteiger partial charge in [0.05, 0.1) is 16.4 Å². The lowest BCUT2D eigenvalue weighted by atomic mass is 10.1. The average molecular weight is 381 g/mol. The van der Waals surface area contributed by atoms with Gasteiger partial charge in [-0.25, -0.2) is 15.0 Å². The van der Waals surface area contributed by atoms with Crippen molar-refractivity contribution in [1.82, 2.24) is 24.6 Å². The standard InChI is InChI=1S/C17H13BrN6/c18-14-10-22-24-16(21-9-12-7-19-11-20-8-12)6-15(23-17(14)24)13-4-2-1-3-5-13/h1-8,10-11,21H,9H2. The Hall–Kier alpha value is -2.80. The summed E-state index contributed by atoms with van der Waals surface area (Å²) < 4.78 is 2.63. The Morgan fingerprint density at radius 2 is 1.83 bits per heavy atom. The molecule has 0 amide bonds. The third kappa shape index (κ3) is 2.85. The highest BCUT2D eigenvalue weighted by Crippen LogP contribution is 2.25. The summed E-state index contributed by atoms with van der Waals surface area (Å²) in [5, 5.41) is 7.77. The van der Waals surface area contributed by atoms with E-state index in [0.717, 1.165) is 32.8 Å². The molecule has 3 aromatic heterocycles. The Kier molecular flexibility index (Phi) is 3.92. The second kappa shape index (κ2) is 6.37. The number of hydrogen-bond acceptors (Lipinski definition) is 5. The lowest BCUT2D eigenvalue weighted by Gasteiger charge is -2.10. The zero-order valence-corrected chi connectivity index (χ0v) is 14.2. The second-order valence-corrected chi connectivity index (χ2v) is 6.08. The van der Waals surface area contributed by atoms with Gasteiger partial charge in [-0.1, -0.05) is 30.3 Å². The fourth-order valence-corrected chi connectivity index (χ4v) is 2.78. The van der Waals surface area contributed by atoms with Crippen molar-refractivity contribution >= 4 is 27.4 Å². The quantitative estimate of drug-likeness (QED) is 0.586. The molecule has 6 nitrogen and oxygen atoms in total. The Morgan fingerprint density at radius 1 is 1.04 bits per heavy atom. The molecule has 0 aliphatic rings. The van der Waals surface area contributed by atoms with E-state index < -0.39 is 0 Å². The summed E-state index contributed by atoms with van der Waals surface area (Å²) in [6, 6.07) is 12.1. The topological polar surface area (TPSA) is 68.0 Å². The van der Waals surface area contributed by atoms with Crippen LogP contribution in [0.5, 0.6) is 0 Å². The summed E-state index contributed by atoms with van der Waals surface area (Å²) in [6.07, 6.45) is 6.84. The number of fused-ring (bicyclic) bond motifs is 1. The van der Waals surface area contributed by atoms with Crippen LogP contribution in [0.3, 0.4) is 0 Å². The van der Waals surface area contributed by atoms with Crippen LogP contribution in [0.25, 0.3) is 16.9 Å². The van der Waals surface area contributed by atoms with Gasteiger partial charge in [0.1, 0.15) is 12.1 Å². The molecule has 1 N–H and O–H groups in total. The van der Waals surface area contributed by atoms with Crippen molar-refractivity contribution in [3.63, 3.8) is 0 Å². The zero-order chi connectivity index (χ0) is 16.4. The first-order chi connectivity index (χ1) is 11.8. The highest BCUT2D eigenvalue weighted by molar-refractivity contribution is 9.10. The van der Waals surface area contributed by atoms with Gasteiger partial charge in [-0.3, -0.25) is 0 Å². The molecule has 0 unspecified atom stereocenters. The van der Waals surface area contributed by atoms with Crippen LogP contribution in [0, 0.1) is 0 Å². The predicted octanol–water partition coefficient (Wildman–Crippen LogP) is 3.56. The number of aromatic nitrogens is 5. The number of halogens is 1. The van der Waals surface area contributed by atoms with Crippen molar-refractivity contribution < 1.29 is 0 Å².